The van der Waals surface area contributed by atoms with Crippen LogP contribution in [0, 0.1) is 18.8 Å². The summed E-state index contributed by atoms with van der Waals surface area (Å²) in [6, 6.07) is 13.3. The largest absolute Gasteiger partial charge is 0.478 e. The van der Waals surface area contributed by atoms with Gasteiger partial charge in [0.15, 0.2) is 0 Å². The van der Waals surface area contributed by atoms with Gasteiger partial charge >= 0.3 is 5.97 Å². The molecule has 7 heteroatoms. The van der Waals surface area contributed by atoms with E-state index >= 15 is 0 Å². The fraction of sp³-hybridized carbons (Fsp3) is 0.185. The summed E-state index contributed by atoms with van der Waals surface area (Å²) in [4.78, 5) is 20.1. The van der Waals surface area contributed by atoms with Gasteiger partial charge in [-0.3, -0.25) is 15.1 Å². The predicted octanol–water partition coefficient (Wildman–Crippen LogP) is 5.66. The molecular formula is C27H23FN4O2. The van der Waals surface area contributed by atoms with Crippen molar-refractivity contribution in [2.45, 2.75) is 26.2 Å². The van der Waals surface area contributed by atoms with E-state index < -0.39 is 11.9 Å². The quantitative estimate of drug-likeness (QED) is 0.367. The monoisotopic (exact) mass is 454 g/mol. The highest BCUT2D eigenvalue weighted by molar-refractivity contribution is 6.01. The van der Waals surface area contributed by atoms with E-state index in [1.807, 2.05) is 30.3 Å². The Hall–Kier alpha value is -4.13. The van der Waals surface area contributed by atoms with E-state index in [0.717, 1.165) is 58.9 Å². The second-order valence-electron chi connectivity index (χ2n) is 8.50. The van der Waals surface area contributed by atoms with Gasteiger partial charge in [-0.15, -0.1) is 0 Å². The first kappa shape index (κ1) is 21.7. The van der Waals surface area contributed by atoms with E-state index in [1.54, 1.807) is 18.5 Å². The maximum atomic E-state index is 14.4. The van der Waals surface area contributed by atoms with Crippen molar-refractivity contribution in [1.82, 2.24) is 20.2 Å². The molecule has 0 radical (unpaired) electrons. The van der Waals surface area contributed by atoms with Gasteiger partial charge in [0.1, 0.15) is 0 Å². The molecule has 0 atom stereocenters. The number of hydrogen-bond acceptors (Lipinski definition) is 4. The van der Waals surface area contributed by atoms with Crippen LogP contribution in [0.15, 0.2) is 60.9 Å². The number of aromatic amines is 1. The summed E-state index contributed by atoms with van der Waals surface area (Å²) >= 11 is 0. The molecule has 1 aliphatic rings. The number of rotatable bonds is 6. The smallest absolute Gasteiger partial charge is 0.328 e. The molecule has 1 saturated carbocycles. The molecular weight excluding hydrogens is 431 g/mol. The van der Waals surface area contributed by atoms with Crippen molar-refractivity contribution in [2.24, 2.45) is 5.92 Å². The molecule has 170 valence electrons. The zero-order chi connectivity index (χ0) is 23.7. The van der Waals surface area contributed by atoms with Gasteiger partial charge in [-0.25, -0.2) is 4.79 Å². The Labute approximate surface area is 195 Å². The Morgan fingerprint density at radius 1 is 1.15 bits per heavy atom. The van der Waals surface area contributed by atoms with Gasteiger partial charge < -0.3 is 5.11 Å². The number of carboxylic acid groups (broad SMARTS) is 1. The van der Waals surface area contributed by atoms with Crippen molar-refractivity contribution in [3.63, 3.8) is 0 Å². The molecule has 6 nitrogen and oxygen atoms in total. The molecule has 34 heavy (non-hydrogen) atoms. The highest BCUT2D eigenvalue weighted by Gasteiger charge is 2.29. The number of nitrogens with one attached hydrogen (secondary N) is 1. The van der Waals surface area contributed by atoms with E-state index in [2.05, 4.69) is 28.2 Å². The van der Waals surface area contributed by atoms with Crippen LogP contribution in [0.1, 0.15) is 47.3 Å². The fourth-order valence-electron chi connectivity index (χ4n) is 4.40. The molecule has 1 fully saturated rings. The Balaban J connectivity index is 1.76. The third-order valence-electron chi connectivity index (χ3n) is 6.32. The van der Waals surface area contributed by atoms with Crippen molar-refractivity contribution in [3.8, 4) is 0 Å². The molecule has 3 heterocycles. The van der Waals surface area contributed by atoms with Gasteiger partial charge in [0.05, 0.1) is 22.3 Å². The number of aliphatic carboxylic acids is 1. The normalized spacial score (nSPS) is 14.9. The zero-order valence-electron chi connectivity index (χ0n) is 18.6. The number of aromatic nitrogens is 4. The topological polar surface area (TPSA) is 91.8 Å². The first-order chi connectivity index (χ1) is 16.5. The molecule has 0 aliphatic heterocycles. The molecule has 1 aromatic carbocycles. The molecule has 0 unspecified atom stereocenters. The second-order valence-corrected chi connectivity index (χ2v) is 8.50. The third kappa shape index (κ3) is 4.12. The van der Waals surface area contributed by atoms with Crippen LogP contribution in [0.5, 0.6) is 0 Å². The van der Waals surface area contributed by atoms with E-state index in [1.165, 1.54) is 6.08 Å². The van der Waals surface area contributed by atoms with Gasteiger partial charge in [-0.1, -0.05) is 24.6 Å². The van der Waals surface area contributed by atoms with Gasteiger partial charge in [-0.2, -0.15) is 9.49 Å². The number of benzene rings is 1. The van der Waals surface area contributed by atoms with E-state index in [-0.39, 0.29) is 0 Å². The van der Waals surface area contributed by atoms with Crippen LogP contribution in [0.4, 0.5) is 4.39 Å². The lowest BCUT2D eigenvalue weighted by molar-refractivity contribution is -0.131. The molecule has 5 rings (SSSR count). The maximum Gasteiger partial charge on any atom is 0.328 e. The standard InChI is InChI=1S/C27H23FN4O2/c1-16-4-3-13-29-26(16)25(17-5-2-6-17)24(18-8-11-22-21(14-18)27(28)32-31-22)19-7-9-20(30-15-19)10-12-23(33)34/h3-4,7-15,17H,2,5-6H2,1H3,(H,31,32)(H,33,34)/b12-10+,25-24-. The fourth-order valence-corrected chi connectivity index (χ4v) is 4.40. The average molecular weight is 455 g/mol. The first-order valence-electron chi connectivity index (χ1n) is 11.2. The van der Waals surface area contributed by atoms with Crippen LogP contribution in [0.2, 0.25) is 0 Å². The molecule has 2 N–H and O–H groups in total. The van der Waals surface area contributed by atoms with Gasteiger partial charge in [-0.05, 0) is 78.3 Å². The van der Waals surface area contributed by atoms with Crippen LogP contribution in [-0.2, 0) is 4.79 Å². The summed E-state index contributed by atoms with van der Waals surface area (Å²) in [7, 11) is 0. The number of nitrogens with zero attached hydrogens (tertiary/aromatic N) is 3. The summed E-state index contributed by atoms with van der Waals surface area (Å²) in [5.74, 6) is -1.16. The number of halogens is 1. The number of pyridine rings is 2. The van der Waals surface area contributed by atoms with Gasteiger partial charge in [0.2, 0.25) is 5.95 Å². The SMILES string of the molecule is Cc1cccnc1/C(=C(\c1ccc(/C=C/C(=O)O)nc1)c1ccc2n[nH]c(F)c2c1)C1CCC1. The molecule has 0 bridgehead atoms. The average Bonchev–Trinajstić information content (AvgIpc) is 3.17. The molecule has 4 aromatic rings. The Bertz CT molecular complexity index is 1430. The summed E-state index contributed by atoms with van der Waals surface area (Å²) < 4.78 is 14.4. The zero-order valence-corrected chi connectivity index (χ0v) is 18.6. The number of aryl methyl sites for hydroxylation is 1. The number of allylic oxidation sites excluding steroid dienone is 1. The molecule has 0 amide bonds. The minimum Gasteiger partial charge on any atom is -0.478 e. The van der Waals surface area contributed by atoms with Crippen molar-refractivity contribution >= 4 is 34.1 Å². The van der Waals surface area contributed by atoms with Crippen molar-refractivity contribution < 1.29 is 14.3 Å². The minimum absolute atomic E-state index is 0.333. The van der Waals surface area contributed by atoms with Crippen LogP contribution < -0.4 is 0 Å². The highest BCUT2D eigenvalue weighted by Crippen LogP contribution is 2.45. The molecule has 1 aliphatic carbocycles. The minimum atomic E-state index is -1.03. The Morgan fingerprint density at radius 2 is 1.97 bits per heavy atom. The van der Waals surface area contributed by atoms with Crippen LogP contribution in [-0.4, -0.2) is 31.2 Å². The van der Waals surface area contributed by atoms with Crippen LogP contribution in [0.3, 0.4) is 0 Å². The molecule has 0 saturated heterocycles. The highest BCUT2D eigenvalue weighted by atomic mass is 19.1. The third-order valence-corrected chi connectivity index (χ3v) is 6.32. The van der Waals surface area contributed by atoms with Crippen molar-refractivity contribution in [2.75, 3.05) is 0 Å². The van der Waals surface area contributed by atoms with E-state index in [9.17, 15) is 9.18 Å². The van der Waals surface area contributed by atoms with Gasteiger partial charge in [0.25, 0.3) is 0 Å². The Morgan fingerprint density at radius 3 is 2.65 bits per heavy atom. The van der Waals surface area contributed by atoms with Crippen LogP contribution in [0.25, 0.3) is 28.1 Å². The van der Waals surface area contributed by atoms with E-state index in [4.69, 9.17) is 10.1 Å². The van der Waals surface area contributed by atoms with Gasteiger partial charge in [0, 0.05) is 24.0 Å². The Kier molecular flexibility index (Phi) is 5.76. The summed E-state index contributed by atoms with van der Waals surface area (Å²) in [6.45, 7) is 2.05. The summed E-state index contributed by atoms with van der Waals surface area (Å²) in [6.07, 6.45) is 9.33. The maximum absolute atomic E-state index is 14.4. The molecule has 3 aromatic heterocycles. The number of fused-ring (bicyclic) bond motifs is 1. The summed E-state index contributed by atoms with van der Waals surface area (Å²) in [5.41, 5.74) is 6.92. The van der Waals surface area contributed by atoms with Crippen LogP contribution >= 0.6 is 0 Å². The molecule has 0 spiro atoms. The van der Waals surface area contributed by atoms with Crippen molar-refractivity contribution in [3.05, 3.63) is 95.0 Å². The summed E-state index contributed by atoms with van der Waals surface area (Å²) in [5, 5.41) is 15.8. The predicted molar refractivity (Wildman–Crippen MR) is 129 cm³/mol. The lowest BCUT2D eigenvalue weighted by Crippen LogP contribution is -2.16. The van der Waals surface area contributed by atoms with Crippen molar-refractivity contribution in [1.29, 1.82) is 0 Å². The lowest BCUT2D eigenvalue weighted by atomic mass is 9.73. The van der Waals surface area contributed by atoms with E-state index in [0.29, 0.717) is 22.5 Å². The lowest BCUT2D eigenvalue weighted by Gasteiger charge is -2.31. The number of carboxylic acids is 1. The number of hydrogen-bond donors (Lipinski definition) is 2. The first-order valence-corrected chi connectivity index (χ1v) is 11.2. The second kappa shape index (κ2) is 9.02. The number of H-pyrrole nitrogens is 1. The number of carbonyl (C=O) groups is 1.